The molecule has 0 saturated heterocycles. The molecule has 18 heavy (non-hydrogen) atoms. The van der Waals surface area contributed by atoms with Gasteiger partial charge in [-0.15, -0.1) is 0 Å². The highest BCUT2D eigenvalue weighted by atomic mass is 35.5. The fraction of sp³-hybridized carbons (Fsp3) is 0.0769. The van der Waals surface area contributed by atoms with Crippen LogP contribution in [0, 0.1) is 0 Å². The molecule has 0 amide bonds. The molecule has 2 aromatic heterocycles. The number of aromatic nitrogens is 2. The van der Waals surface area contributed by atoms with Crippen molar-refractivity contribution in [3.63, 3.8) is 0 Å². The first-order valence-electron chi connectivity index (χ1n) is 5.48. The van der Waals surface area contributed by atoms with E-state index in [1.165, 1.54) is 0 Å². The van der Waals surface area contributed by atoms with Gasteiger partial charge in [-0.3, -0.25) is 0 Å². The highest BCUT2D eigenvalue weighted by Crippen LogP contribution is 2.29. The molecular weight excluding hydrogens is 250 g/mol. The van der Waals surface area contributed by atoms with Crippen LogP contribution < -0.4 is 5.73 Å². The van der Waals surface area contributed by atoms with Gasteiger partial charge in [0.25, 0.3) is 0 Å². The van der Waals surface area contributed by atoms with Gasteiger partial charge in [0.05, 0.1) is 6.54 Å². The summed E-state index contributed by atoms with van der Waals surface area (Å²) in [5.41, 5.74) is 8.47. The van der Waals surface area contributed by atoms with Gasteiger partial charge in [0.15, 0.2) is 11.2 Å². The number of hydrogen-bond acceptors (Lipinski definition) is 4. The van der Waals surface area contributed by atoms with Crippen LogP contribution in [0.25, 0.3) is 22.4 Å². The molecule has 0 fully saturated rings. The summed E-state index contributed by atoms with van der Waals surface area (Å²) in [5, 5.41) is 0.678. The molecule has 4 nitrogen and oxygen atoms in total. The molecule has 0 saturated carbocycles. The number of hydrogen-bond donors (Lipinski definition) is 1. The van der Waals surface area contributed by atoms with Crippen LogP contribution in [0.5, 0.6) is 0 Å². The monoisotopic (exact) mass is 259 g/mol. The fourth-order valence-corrected chi connectivity index (χ4v) is 2.04. The quantitative estimate of drug-likeness (QED) is 0.768. The Morgan fingerprint density at radius 2 is 2.11 bits per heavy atom. The highest BCUT2D eigenvalue weighted by Gasteiger charge is 2.09. The van der Waals surface area contributed by atoms with E-state index in [9.17, 15) is 0 Å². The van der Waals surface area contributed by atoms with Gasteiger partial charge >= 0.3 is 0 Å². The number of fused-ring (bicyclic) bond motifs is 1. The summed E-state index contributed by atoms with van der Waals surface area (Å²) in [5.74, 6) is 0.480. The van der Waals surface area contributed by atoms with Crippen LogP contribution in [0.15, 0.2) is 40.9 Å². The molecule has 0 aliphatic heterocycles. The molecule has 0 bridgehead atoms. The average molecular weight is 260 g/mol. The maximum atomic E-state index is 6.15. The summed E-state index contributed by atoms with van der Waals surface area (Å²) in [6, 6.07) is 9.46. The third-order valence-corrected chi connectivity index (χ3v) is 2.98. The van der Waals surface area contributed by atoms with Gasteiger partial charge in [-0.1, -0.05) is 29.8 Å². The summed E-state index contributed by atoms with van der Waals surface area (Å²) in [6.45, 7) is 0.262. The molecule has 0 aliphatic rings. The standard InChI is InChI=1S/C13H10ClN3O/c14-10-4-2-1-3-9(10)8-5-11-13(16-7-8)17-12(6-15)18-11/h1-5,7H,6,15H2. The SMILES string of the molecule is NCc1nc2ncc(-c3ccccc3Cl)cc2o1. The van der Waals surface area contributed by atoms with Crippen molar-refractivity contribution in [3.8, 4) is 11.1 Å². The number of nitrogens with zero attached hydrogens (tertiary/aromatic N) is 2. The van der Waals surface area contributed by atoms with Crippen LogP contribution in [0.4, 0.5) is 0 Å². The Hall–Kier alpha value is -1.91. The van der Waals surface area contributed by atoms with E-state index >= 15 is 0 Å². The third-order valence-electron chi connectivity index (χ3n) is 2.65. The first-order chi connectivity index (χ1) is 8.78. The average Bonchev–Trinajstić information content (AvgIpc) is 2.81. The van der Waals surface area contributed by atoms with Gasteiger partial charge in [0, 0.05) is 22.3 Å². The van der Waals surface area contributed by atoms with Gasteiger partial charge in [0.2, 0.25) is 5.89 Å². The van der Waals surface area contributed by atoms with E-state index in [1.54, 1.807) is 6.20 Å². The molecule has 90 valence electrons. The molecule has 0 unspecified atom stereocenters. The summed E-state index contributed by atoms with van der Waals surface area (Å²) in [6.07, 6.45) is 1.73. The van der Waals surface area contributed by atoms with Crippen molar-refractivity contribution in [2.75, 3.05) is 0 Å². The van der Waals surface area contributed by atoms with Gasteiger partial charge in [-0.05, 0) is 12.1 Å². The summed E-state index contributed by atoms with van der Waals surface area (Å²) in [4.78, 5) is 8.40. The number of benzene rings is 1. The summed E-state index contributed by atoms with van der Waals surface area (Å²) >= 11 is 6.15. The predicted octanol–water partition coefficient (Wildman–Crippen LogP) is 3.00. The minimum atomic E-state index is 0.262. The van der Waals surface area contributed by atoms with Crippen molar-refractivity contribution in [2.45, 2.75) is 6.54 Å². The second-order valence-electron chi connectivity index (χ2n) is 3.84. The van der Waals surface area contributed by atoms with Crippen LogP contribution in [0.2, 0.25) is 5.02 Å². The molecule has 2 N–H and O–H groups in total. The van der Waals surface area contributed by atoms with Gasteiger partial charge < -0.3 is 10.2 Å². The fourth-order valence-electron chi connectivity index (χ4n) is 1.79. The molecule has 1 aromatic carbocycles. The summed E-state index contributed by atoms with van der Waals surface area (Å²) < 4.78 is 5.48. The Morgan fingerprint density at radius 3 is 2.89 bits per heavy atom. The topological polar surface area (TPSA) is 64.9 Å². The number of halogens is 1. The lowest BCUT2D eigenvalue weighted by Gasteiger charge is -2.02. The smallest absolute Gasteiger partial charge is 0.210 e. The highest BCUT2D eigenvalue weighted by molar-refractivity contribution is 6.33. The van der Waals surface area contributed by atoms with Crippen molar-refractivity contribution in [2.24, 2.45) is 5.73 Å². The molecule has 0 atom stereocenters. The molecule has 0 radical (unpaired) electrons. The molecule has 3 rings (SSSR count). The first kappa shape index (κ1) is 11.2. The minimum absolute atomic E-state index is 0.262. The van der Waals surface area contributed by atoms with Crippen LogP contribution in [-0.2, 0) is 6.54 Å². The van der Waals surface area contributed by atoms with Crippen LogP contribution in [0.3, 0.4) is 0 Å². The molecule has 0 aliphatic carbocycles. The van der Waals surface area contributed by atoms with E-state index < -0.39 is 0 Å². The second kappa shape index (κ2) is 4.40. The van der Waals surface area contributed by atoms with Crippen molar-refractivity contribution in [1.82, 2.24) is 9.97 Å². The van der Waals surface area contributed by atoms with Crippen molar-refractivity contribution in [3.05, 3.63) is 47.4 Å². The van der Waals surface area contributed by atoms with E-state index in [0.29, 0.717) is 22.1 Å². The lowest BCUT2D eigenvalue weighted by Crippen LogP contribution is -1.95. The third kappa shape index (κ3) is 1.85. The minimum Gasteiger partial charge on any atom is -0.438 e. The predicted molar refractivity (Wildman–Crippen MR) is 70.1 cm³/mol. The van der Waals surface area contributed by atoms with Crippen LogP contribution in [0.1, 0.15) is 5.89 Å². The van der Waals surface area contributed by atoms with E-state index in [0.717, 1.165) is 11.1 Å². The lowest BCUT2D eigenvalue weighted by atomic mass is 10.1. The first-order valence-corrected chi connectivity index (χ1v) is 5.86. The van der Waals surface area contributed by atoms with E-state index in [4.69, 9.17) is 21.8 Å². The van der Waals surface area contributed by atoms with Crippen molar-refractivity contribution < 1.29 is 4.42 Å². The maximum Gasteiger partial charge on any atom is 0.210 e. The Bertz CT molecular complexity index is 708. The Morgan fingerprint density at radius 1 is 1.28 bits per heavy atom. The lowest BCUT2D eigenvalue weighted by molar-refractivity contribution is 0.533. The molecular formula is C13H10ClN3O. The van der Waals surface area contributed by atoms with Crippen LogP contribution >= 0.6 is 11.6 Å². The number of oxazole rings is 1. The van der Waals surface area contributed by atoms with Gasteiger partial charge in [0.1, 0.15) is 0 Å². The number of rotatable bonds is 2. The second-order valence-corrected chi connectivity index (χ2v) is 4.24. The number of nitrogens with two attached hydrogens (primary N) is 1. The van der Waals surface area contributed by atoms with Crippen molar-refractivity contribution >= 4 is 22.8 Å². The van der Waals surface area contributed by atoms with E-state index in [1.807, 2.05) is 30.3 Å². The maximum absolute atomic E-state index is 6.15. The normalized spacial score (nSPS) is 11.0. The van der Waals surface area contributed by atoms with Crippen molar-refractivity contribution in [1.29, 1.82) is 0 Å². The van der Waals surface area contributed by atoms with Crippen LogP contribution in [-0.4, -0.2) is 9.97 Å². The Balaban J connectivity index is 2.16. The molecule has 2 heterocycles. The Kier molecular flexibility index (Phi) is 2.74. The zero-order valence-corrected chi connectivity index (χ0v) is 10.2. The zero-order chi connectivity index (χ0) is 12.5. The zero-order valence-electron chi connectivity index (χ0n) is 9.43. The van der Waals surface area contributed by atoms with Gasteiger partial charge in [-0.25, -0.2) is 4.98 Å². The molecule has 0 spiro atoms. The van der Waals surface area contributed by atoms with E-state index in [2.05, 4.69) is 9.97 Å². The Labute approximate surface area is 108 Å². The van der Waals surface area contributed by atoms with Gasteiger partial charge in [-0.2, -0.15) is 4.98 Å². The molecule has 3 aromatic rings. The molecule has 5 heteroatoms. The summed E-state index contributed by atoms with van der Waals surface area (Å²) in [7, 11) is 0. The van der Waals surface area contributed by atoms with E-state index in [-0.39, 0.29) is 6.54 Å². The largest absolute Gasteiger partial charge is 0.438 e. The number of pyridine rings is 1.